The zero-order chi connectivity index (χ0) is 27.4. The van der Waals surface area contributed by atoms with Crippen LogP contribution in [0.2, 0.25) is 0 Å². The molecule has 2 aliphatic rings. The molecule has 204 valence electrons. The molecule has 0 saturated carbocycles. The number of hydrogen-bond acceptors (Lipinski definition) is 10. The van der Waals surface area contributed by atoms with Crippen molar-refractivity contribution in [2.45, 2.75) is 13.0 Å². The fraction of sp³-hybridized carbons (Fsp3) is 0.370. The predicted octanol–water partition coefficient (Wildman–Crippen LogP) is 2.28. The summed E-state index contributed by atoms with van der Waals surface area (Å²) in [5, 5.41) is 2.85. The molecule has 0 radical (unpaired) electrons. The number of benzene rings is 2. The topological polar surface area (TPSA) is 122 Å². The van der Waals surface area contributed by atoms with Gasteiger partial charge in [0.15, 0.2) is 0 Å². The van der Waals surface area contributed by atoms with E-state index in [0.29, 0.717) is 31.1 Å². The van der Waals surface area contributed by atoms with Crippen molar-refractivity contribution in [1.29, 1.82) is 0 Å². The van der Waals surface area contributed by atoms with Gasteiger partial charge in [-0.1, -0.05) is 17.7 Å². The maximum Gasteiger partial charge on any atom is 0.414 e. The number of piperazine rings is 1. The quantitative estimate of drug-likeness (QED) is 0.461. The van der Waals surface area contributed by atoms with Crippen LogP contribution >= 0.6 is 0 Å². The van der Waals surface area contributed by atoms with E-state index in [9.17, 15) is 9.59 Å². The van der Waals surface area contributed by atoms with E-state index in [2.05, 4.69) is 30.1 Å². The van der Waals surface area contributed by atoms with Gasteiger partial charge in [0.1, 0.15) is 6.10 Å². The van der Waals surface area contributed by atoms with Crippen LogP contribution in [0.5, 0.6) is 12.0 Å². The summed E-state index contributed by atoms with van der Waals surface area (Å²) in [7, 11) is 3.01. The van der Waals surface area contributed by atoms with Crippen LogP contribution in [-0.2, 0) is 4.74 Å². The summed E-state index contributed by atoms with van der Waals surface area (Å²) in [5.74, 6) is 0.327. The number of cyclic esters (lactones) is 1. The van der Waals surface area contributed by atoms with Gasteiger partial charge < -0.3 is 29.3 Å². The molecule has 2 fully saturated rings. The second kappa shape index (κ2) is 11.4. The third-order valence-corrected chi connectivity index (χ3v) is 6.71. The molecule has 2 aliphatic heterocycles. The minimum Gasteiger partial charge on any atom is -0.467 e. The number of nitrogens with zero attached hydrogens (tertiary/aromatic N) is 6. The van der Waals surface area contributed by atoms with Crippen LogP contribution in [0.1, 0.15) is 15.9 Å². The van der Waals surface area contributed by atoms with E-state index in [1.807, 2.05) is 43.3 Å². The molecular weight excluding hydrogens is 502 g/mol. The van der Waals surface area contributed by atoms with E-state index in [1.165, 1.54) is 14.2 Å². The average molecular weight is 534 g/mol. The van der Waals surface area contributed by atoms with Crippen LogP contribution in [-0.4, -0.2) is 86.5 Å². The molecule has 3 heterocycles. The molecule has 39 heavy (non-hydrogen) atoms. The Kier molecular flexibility index (Phi) is 7.62. The van der Waals surface area contributed by atoms with E-state index >= 15 is 0 Å². The van der Waals surface area contributed by atoms with Crippen molar-refractivity contribution < 1.29 is 23.8 Å². The molecule has 3 aromatic rings. The number of anilines is 3. The van der Waals surface area contributed by atoms with Gasteiger partial charge in [-0.25, -0.2) is 4.79 Å². The Labute approximate surface area is 226 Å². The number of amides is 2. The first kappa shape index (κ1) is 26.0. The lowest BCUT2D eigenvalue weighted by molar-refractivity contribution is 0.0916. The Bertz CT molecular complexity index is 1290. The highest BCUT2D eigenvalue weighted by molar-refractivity contribution is 5.94. The molecule has 0 bridgehead atoms. The van der Waals surface area contributed by atoms with Gasteiger partial charge in [-0.3, -0.25) is 9.69 Å². The minimum atomic E-state index is -0.424. The Morgan fingerprint density at radius 2 is 1.49 bits per heavy atom. The van der Waals surface area contributed by atoms with Crippen molar-refractivity contribution in [3.05, 3.63) is 59.7 Å². The average Bonchev–Trinajstić information content (AvgIpc) is 3.36. The lowest BCUT2D eigenvalue weighted by Crippen LogP contribution is -2.47. The summed E-state index contributed by atoms with van der Waals surface area (Å²) in [4.78, 5) is 43.6. The molecule has 0 unspecified atom stereocenters. The lowest BCUT2D eigenvalue weighted by Gasteiger charge is -2.36. The largest absolute Gasteiger partial charge is 0.467 e. The van der Waals surface area contributed by atoms with Crippen LogP contribution in [0.25, 0.3) is 0 Å². The molecular formula is C27H31N7O5. The van der Waals surface area contributed by atoms with E-state index in [-0.39, 0.29) is 24.5 Å². The molecule has 1 atom stereocenters. The molecule has 1 aromatic heterocycles. The molecule has 5 rings (SSSR count). The Balaban J connectivity index is 1.14. The molecule has 0 aliphatic carbocycles. The van der Waals surface area contributed by atoms with Crippen molar-refractivity contribution in [3.8, 4) is 12.0 Å². The third kappa shape index (κ3) is 5.95. The number of methoxy groups -OCH3 is 2. The first-order valence-electron chi connectivity index (χ1n) is 12.7. The van der Waals surface area contributed by atoms with Crippen molar-refractivity contribution in [2.75, 3.05) is 68.2 Å². The number of nitrogens with one attached hydrogen (secondary N) is 1. The smallest absolute Gasteiger partial charge is 0.414 e. The predicted molar refractivity (Wildman–Crippen MR) is 145 cm³/mol. The summed E-state index contributed by atoms with van der Waals surface area (Å²) < 4.78 is 15.8. The van der Waals surface area contributed by atoms with Crippen LogP contribution in [0, 0.1) is 6.92 Å². The summed E-state index contributed by atoms with van der Waals surface area (Å²) in [6, 6.07) is 15.6. The fourth-order valence-electron chi connectivity index (χ4n) is 4.51. The zero-order valence-electron chi connectivity index (χ0n) is 22.2. The maximum atomic E-state index is 12.5. The van der Waals surface area contributed by atoms with Gasteiger partial charge >= 0.3 is 18.1 Å². The standard InChI is InChI=1S/C27H31N7O5/c1-18-4-6-19(7-5-18)23(35)28-16-22-17-34(27(36)39-22)21-10-8-20(9-11-21)32-12-14-33(15-13-32)24-29-25(37-2)31-26(30-24)38-3/h4-11,22H,12-17H2,1-3H3,(H,28,35)/t22-/m0/s1. The molecule has 12 nitrogen and oxygen atoms in total. The zero-order valence-corrected chi connectivity index (χ0v) is 22.2. The van der Waals surface area contributed by atoms with Gasteiger partial charge in [-0.05, 0) is 43.3 Å². The highest BCUT2D eigenvalue weighted by Crippen LogP contribution is 2.26. The summed E-state index contributed by atoms with van der Waals surface area (Å²) >= 11 is 0. The van der Waals surface area contributed by atoms with Gasteiger partial charge in [0, 0.05) is 43.1 Å². The number of carbonyl (C=O) groups excluding carboxylic acids is 2. The van der Waals surface area contributed by atoms with Gasteiger partial charge in [0.05, 0.1) is 27.3 Å². The van der Waals surface area contributed by atoms with Crippen LogP contribution in [0.3, 0.4) is 0 Å². The first-order valence-corrected chi connectivity index (χ1v) is 12.7. The Morgan fingerprint density at radius 3 is 2.10 bits per heavy atom. The number of hydrogen-bond donors (Lipinski definition) is 1. The molecule has 2 saturated heterocycles. The van der Waals surface area contributed by atoms with Crippen molar-refractivity contribution in [2.24, 2.45) is 0 Å². The van der Waals surface area contributed by atoms with Gasteiger partial charge in [-0.2, -0.15) is 9.97 Å². The van der Waals surface area contributed by atoms with Gasteiger partial charge in [-0.15, -0.1) is 4.98 Å². The van der Waals surface area contributed by atoms with Crippen LogP contribution < -0.4 is 29.5 Å². The number of carbonyl (C=O) groups is 2. The summed E-state index contributed by atoms with van der Waals surface area (Å²) in [6.45, 7) is 5.55. The number of aromatic nitrogens is 3. The summed E-state index contributed by atoms with van der Waals surface area (Å²) in [5.41, 5.74) is 3.46. The number of aryl methyl sites for hydroxylation is 1. The Hall–Kier alpha value is -4.61. The highest BCUT2D eigenvalue weighted by atomic mass is 16.6. The molecule has 0 spiro atoms. The number of rotatable bonds is 8. The van der Waals surface area contributed by atoms with Crippen LogP contribution in [0.4, 0.5) is 22.1 Å². The fourth-order valence-corrected chi connectivity index (χ4v) is 4.51. The van der Waals surface area contributed by atoms with Crippen LogP contribution in [0.15, 0.2) is 48.5 Å². The number of ether oxygens (including phenoxy) is 3. The van der Waals surface area contributed by atoms with E-state index in [4.69, 9.17) is 14.2 Å². The van der Waals surface area contributed by atoms with E-state index in [0.717, 1.165) is 30.0 Å². The van der Waals surface area contributed by atoms with Gasteiger partial charge in [0.2, 0.25) is 5.95 Å². The Morgan fingerprint density at radius 1 is 0.897 bits per heavy atom. The first-order chi connectivity index (χ1) is 18.9. The normalized spacial score (nSPS) is 17.2. The van der Waals surface area contributed by atoms with Crippen molar-refractivity contribution in [3.63, 3.8) is 0 Å². The molecule has 2 amide bonds. The third-order valence-electron chi connectivity index (χ3n) is 6.71. The second-order valence-electron chi connectivity index (χ2n) is 9.29. The lowest BCUT2D eigenvalue weighted by atomic mass is 10.1. The monoisotopic (exact) mass is 533 g/mol. The van der Waals surface area contributed by atoms with E-state index < -0.39 is 12.2 Å². The van der Waals surface area contributed by atoms with Crippen molar-refractivity contribution >= 4 is 29.3 Å². The van der Waals surface area contributed by atoms with Gasteiger partial charge in [0.25, 0.3) is 5.91 Å². The molecule has 12 heteroatoms. The van der Waals surface area contributed by atoms with Crippen molar-refractivity contribution in [1.82, 2.24) is 20.3 Å². The van der Waals surface area contributed by atoms with E-state index in [1.54, 1.807) is 17.0 Å². The maximum absolute atomic E-state index is 12.5. The second-order valence-corrected chi connectivity index (χ2v) is 9.29. The highest BCUT2D eigenvalue weighted by Gasteiger charge is 2.32. The molecule has 2 aromatic carbocycles. The minimum absolute atomic E-state index is 0.192. The molecule has 1 N–H and O–H groups in total. The summed E-state index contributed by atoms with van der Waals surface area (Å²) in [6.07, 6.45) is -0.846. The SMILES string of the molecule is COc1nc(OC)nc(N2CCN(c3ccc(N4C[C@H](CNC(=O)c5ccc(C)cc5)OC4=O)cc3)CC2)n1.